The first-order chi connectivity index (χ1) is 11.4. The predicted octanol–water partition coefficient (Wildman–Crippen LogP) is 1.46. The van der Waals surface area contributed by atoms with Gasteiger partial charge in [-0.15, -0.1) is 12.4 Å². The maximum absolute atomic E-state index is 12.6. The van der Waals surface area contributed by atoms with Gasteiger partial charge < -0.3 is 20.3 Å². The second kappa shape index (κ2) is 9.63. The Bertz CT molecular complexity index is 587. The Morgan fingerprint density at radius 2 is 1.60 bits per heavy atom. The standard InChI is InChI=1S/C18H27N3O3.ClH/c1-4-15-7-5-6-8-16(15)24-14(3)18(23)21-11-9-20(10-12-21)17(22)13(2)19;/h5-8,13-14H,4,9-12,19H2,1-3H3;1H/t13-,14?;/m1./s1. The molecule has 140 valence electrons. The lowest BCUT2D eigenvalue weighted by Gasteiger charge is -2.36. The van der Waals surface area contributed by atoms with Crippen LogP contribution in [-0.2, 0) is 16.0 Å². The number of nitrogens with two attached hydrogens (primary N) is 1. The number of hydrogen-bond donors (Lipinski definition) is 1. The summed E-state index contributed by atoms with van der Waals surface area (Å²) in [4.78, 5) is 27.9. The normalized spacial score (nSPS) is 16.6. The van der Waals surface area contributed by atoms with Gasteiger partial charge in [-0.25, -0.2) is 0 Å². The van der Waals surface area contributed by atoms with Gasteiger partial charge in [-0.2, -0.15) is 0 Å². The number of hydrogen-bond acceptors (Lipinski definition) is 4. The van der Waals surface area contributed by atoms with E-state index < -0.39 is 12.1 Å². The average Bonchev–Trinajstić information content (AvgIpc) is 2.60. The second-order valence-electron chi connectivity index (χ2n) is 6.16. The lowest BCUT2D eigenvalue weighted by Crippen LogP contribution is -2.55. The van der Waals surface area contributed by atoms with Gasteiger partial charge in [0, 0.05) is 26.2 Å². The van der Waals surface area contributed by atoms with E-state index in [0.29, 0.717) is 26.2 Å². The van der Waals surface area contributed by atoms with Crippen LogP contribution in [0, 0.1) is 0 Å². The van der Waals surface area contributed by atoms with Gasteiger partial charge >= 0.3 is 0 Å². The molecule has 0 aliphatic carbocycles. The maximum Gasteiger partial charge on any atom is 0.263 e. The highest BCUT2D eigenvalue weighted by Gasteiger charge is 2.28. The quantitative estimate of drug-likeness (QED) is 0.852. The maximum atomic E-state index is 12.6. The molecule has 2 amide bonds. The zero-order valence-corrected chi connectivity index (χ0v) is 15.9. The SMILES string of the molecule is CCc1ccccc1OC(C)C(=O)N1CCN(C(=O)[C@@H](C)N)CC1.Cl. The van der Waals surface area contributed by atoms with Gasteiger partial charge in [0.2, 0.25) is 5.91 Å². The second-order valence-corrected chi connectivity index (χ2v) is 6.16. The fourth-order valence-corrected chi connectivity index (χ4v) is 2.84. The Kier molecular flexibility index (Phi) is 8.19. The van der Waals surface area contributed by atoms with Gasteiger partial charge in [-0.1, -0.05) is 25.1 Å². The summed E-state index contributed by atoms with van der Waals surface area (Å²) in [6, 6.07) is 7.27. The first kappa shape index (κ1) is 21.3. The minimum Gasteiger partial charge on any atom is -0.481 e. The summed E-state index contributed by atoms with van der Waals surface area (Å²) in [5, 5.41) is 0. The molecule has 1 heterocycles. The fraction of sp³-hybridized carbons (Fsp3) is 0.556. The van der Waals surface area contributed by atoms with Crippen LogP contribution in [0.4, 0.5) is 0 Å². The number of para-hydroxylation sites is 1. The number of ether oxygens (including phenoxy) is 1. The highest BCUT2D eigenvalue weighted by molar-refractivity contribution is 5.85. The molecule has 7 heteroatoms. The summed E-state index contributed by atoms with van der Waals surface area (Å²) in [5.74, 6) is 0.642. The summed E-state index contributed by atoms with van der Waals surface area (Å²) in [6.07, 6.45) is 0.308. The van der Waals surface area contributed by atoms with Crippen molar-refractivity contribution in [3.63, 3.8) is 0 Å². The minimum atomic E-state index is -0.548. The molecule has 1 fully saturated rings. The molecule has 0 radical (unpaired) electrons. The minimum absolute atomic E-state index is 0. The van der Waals surface area contributed by atoms with Crippen molar-refractivity contribution in [3.05, 3.63) is 29.8 Å². The smallest absolute Gasteiger partial charge is 0.263 e. The molecule has 0 aromatic heterocycles. The third-order valence-electron chi connectivity index (χ3n) is 4.30. The molecule has 1 aromatic carbocycles. The van der Waals surface area contributed by atoms with Gasteiger partial charge in [0.25, 0.3) is 5.91 Å². The van der Waals surface area contributed by atoms with Crippen LogP contribution < -0.4 is 10.5 Å². The van der Waals surface area contributed by atoms with Crippen LogP contribution in [0.5, 0.6) is 5.75 Å². The number of amides is 2. The van der Waals surface area contributed by atoms with Crippen molar-refractivity contribution in [1.82, 2.24) is 9.80 Å². The number of carbonyl (C=O) groups excluding carboxylic acids is 2. The summed E-state index contributed by atoms with van der Waals surface area (Å²) >= 11 is 0. The fourth-order valence-electron chi connectivity index (χ4n) is 2.84. The van der Waals surface area contributed by atoms with E-state index >= 15 is 0 Å². The topological polar surface area (TPSA) is 75.9 Å². The lowest BCUT2D eigenvalue weighted by atomic mass is 10.1. The van der Waals surface area contributed by atoms with E-state index in [-0.39, 0.29) is 24.2 Å². The first-order valence-corrected chi connectivity index (χ1v) is 8.51. The number of nitrogens with zero attached hydrogens (tertiary/aromatic N) is 2. The van der Waals surface area contributed by atoms with Crippen LogP contribution in [0.1, 0.15) is 26.3 Å². The third kappa shape index (κ3) is 5.34. The molecule has 1 unspecified atom stereocenters. The summed E-state index contributed by atoms with van der Waals surface area (Å²) in [6.45, 7) is 7.58. The molecule has 2 N–H and O–H groups in total. The van der Waals surface area contributed by atoms with Crippen LogP contribution in [-0.4, -0.2) is 59.9 Å². The zero-order chi connectivity index (χ0) is 17.7. The molecule has 0 saturated carbocycles. The Morgan fingerprint density at radius 1 is 1.08 bits per heavy atom. The molecular weight excluding hydrogens is 342 g/mol. The third-order valence-corrected chi connectivity index (χ3v) is 4.30. The number of halogens is 1. The Morgan fingerprint density at radius 3 is 2.12 bits per heavy atom. The number of carbonyl (C=O) groups is 2. The van der Waals surface area contributed by atoms with Crippen molar-refractivity contribution in [1.29, 1.82) is 0 Å². The van der Waals surface area contributed by atoms with Gasteiger partial charge in [0.05, 0.1) is 6.04 Å². The number of rotatable bonds is 5. The molecule has 1 aliphatic rings. The molecule has 6 nitrogen and oxygen atoms in total. The van der Waals surface area contributed by atoms with Crippen molar-refractivity contribution >= 4 is 24.2 Å². The van der Waals surface area contributed by atoms with Gasteiger partial charge in [0.1, 0.15) is 5.75 Å². The van der Waals surface area contributed by atoms with Crippen molar-refractivity contribution in [2.24, 2.45) is 5.73 Å². The lowest BCUT2D eigenvalue weighted by molar-refractivity contribution is -0.144. The average molecular weight is 370 g/mol. The highest BCUT2D eigenvalue weighted by atomic mass is 35.5. The Balaban J connectivity index is 0.00000312. The largest absolute Gasteiger partial charge is 0.481 e. The zero-order valence-electron chi connectivity index (χ0n) is 15.1. The van der Waals surface area contributed by atoms with Crippen LogP contribution >= 0.6 is 12.4 Å². The number of aryl methyl sites for hydroxylation is 1. The van der Waals surface area contributed by atoms with E-state index in [9.17, 15) is 9.59 Å². The summed E-state index contributed by atoms with van der Waals surface area (Å²) in [5.41, 5.74) is 6.72. The van der Waals surface area contributed by atoms with Crippen LogP contribution in [0.25, 0.3) is 0 Å². The van der Waals surface area contributed by atoms with Crippen LogP contribution in [0.15, 0.2) is 24.3 Å². The molecule has 1 saturated heterocycles. The molecule has 0 spiro atoms. The van der Waals surface area contributed by atoms with Gasteiger partial charge in [0.15, 0.2) is 6.10 Å². The number of benzene rings is 1. The predicted molar refractivity (Wildman–Crippen MR) is 100.0 cm³/mol. The van der Waals surface area contributed by atoms with E-state index in [4.69, 9.17) is 10.5 Å². The molecule has 1 aromatic rings. The van der Waals surface area contributed by atoms with Gasteiger partial charge in [-0.3, -0.25) is 9.59 Å². The van der Waals surface area contributed by atoms with Crippen molar-refractivity contribution in [2.45, 2.75) is 39.3 Å². The van der Waals surface area contributed by atoms with Gasteiger partial charge in [-0.05, 0) is 31.9 Å². The molecule has 1 aliphatic heterocycles. The molecule has 0 bridgehead atoms. The van der Waals surface area contributed by atoms with Crippen molar-refractivity contribution in [3.8, 4) is 5.75 Å². The molecular formula is C18H28ClN3O3. The van der Waals surface area contributed by atoms with Crippen molar-refractivity contribution in [2.75, 3.05) is 26.2 Å². The Hall–Kier alpha value is -1.79. The molecule has 25 heavy (non-hydrogen) atoms. The summed E-state index contributed by atoms with van der Waals surface area (Å²) < 4.78 is 5.87. The highest BCUT2D eigenvalue weighted by Crippen LogP contribution is 2.20. The van der Waals surface area contributed by atoms with E-state index in [2.05, 4.69) is 6.92 Å². The summed E-state index contributed by atoms with van der Waals surface area (Å²) in [7, 11) is 0. The Labute approximate surface area is 155 Å². The van der Waals surface area contributed by atoms with Crippen molar-refractivity contribution < 1.29 is 14.3 Å². The molecule has 2 atom stereocenters. The van der Waals surface area contributed by atoms with E-state index in [0.717, 1.165) is 17.7 Å². The van der Waals surface area contributed by atoms with E-state index in [1.807, 2.05) is 24.3 Å². The van der Waals surface area contributed by atoms with Crippen LogP contribution in [0.3, 0.4) is 0 Å². The molecule has 2 rings (SSSR count). The van der Waals surface area contributed by atoms with Crippen LogP contribution in [0.2, 0.25) is 0 Å². The number of piperazine rings is 1. The van der Waals surface area contributed by atoms with E-state index in [1.165, 1.54) is 0 Å². The van der Waals surface area contributed by atoms with E-state index in [1.54, 1.807) is 23.6 Å². The monoisotopic (exact) mass is 369 g/mol. The first-order valence-electron chi connectivity index (χ1n) is 8.51.